The maximum Gasteiger partial charge on any atom is 0.424 e. The van der Waals surface area contributed by atoms with Crippen LogP contribution in [-0.2, 0) is 12.1 Å². The maximum absolute atomic E-state index is 15.4. The van der Waals surface area contributed by atoms with Gasteiger partial charge in [0, 0.05) is 0 Å². The SMILES string of the molecule is CCCC[NH+](C(F)(F)c1ccc(F)c(F)c1F)C(F)(F)c1ccc(F)c(F)c1F.Fc1c(F)c(F)c([B-](c2c(F)c(F)c(F)c(F)c2F)(c2c(F)c(F)c(F)c(F)c2F)c2c(F)c(F)c(F)c(F)c2F)c(F)c1F. The topological polar surface area (TPSA) is 4.44 Å². The van der Waals surface area contributed by atoms with Crippen molar-refractivity contribution in [3.63, 3.8) is 0 Å². The van der Waals surface area contributed by atoms with E-state index in [0.29, 0.717) is 0 Å². The Morgan fingerprint density at radius 3 is 0.703 bits per heavy atom. The van der Waals surface area contributed by atoms with E-state index in [1.54, 1.807) is 0 Å². The second-order valence-electron chi connectivity index (χ2n) is 15.0. The molecule has 0 aliphatic rings. The molecule has 0 aliphatic heterocycles. The number of halogens is 30. The van der Waals surface area contributed by atoms with Crippen LogP contribution in [0.5, 0.6) is 0 Å². The first-order chi connectivity index (χ1) is 34.1. The van der Waals surface area contributed by atoms with Crippen LogP contribution in [0, 0.1) is 151 Å². The average Bonchev–Trinajstić information content (AvgIpc) is 3.34. The lowest BCUT2D eigenvalue weighted by Crippen LogP contribution is -3.22. The smallest absolute Gasteiger partial charge is 0.207 e. The Labute approximate surface area is 389 Å². The molecule has 0 bridgehead atoms. The summed E-state index contributed by atoms with van der Waals surface area (Å²) in [6, 6.07) is -9.39. The quantitative estimate of drug-likeness (QED) is 0.0434. The molecule has 1 nitrogen and oxygen atoms in total. The molecule has 0 amide bonds. The highest BCUT2D eigenvalue weighted by Crippen LogP contribution is 2.35. The first kappa shape index (κ1) is 58.1. The lowest BCUT2D eigenvalue weighted by molar-refractivity contribution is -1.08. The van der Waals surface area contributed by atoms with Crippen molar-refractivity contribution in [3.8, 4) is 0 Å². The lowest BCUT2D eigenvalue weighted by atomic mass is 9.12. The fourth-order valence-corrected chi connectivity index (χ4v) is 7.60. The standard InChI is InChI=1S/C24BF20.C18H13F10N/c26-5-1(6(27)14(35)21(42)13(5)34)25(2-7(28)15(36)22(43)16(37)8(2)29,3-9(30)17(38)23(44)18(39)10(3)31)4-11(32)19(40)24(45)20(41)12(4)33;1-2-3-8-29(17(25,26)9-4-6-11(19)15(23)13(9)21)18(27,28)10-5-7-12(20)16(24)14(10)22/h;4-7H,2-3,8H2,1H3/q-1;/p+1. The minimum atomic E-state index is -7.22. The Morgan fingerprint density at radius 1 is 0.297 bits per heavy atom. The van der Waals surface area contributed by atoms with Crippen LogP contribution < -0.4 is 26.8 Å². The van der Waals surface area contributed by atoms with Crippen LogP contribution in [0.25, 0.3) is 0 Å². The highest BCUT2D eigenvalue weighted by atomic mass is 19.3. The predicted molar refractivity (Wildman–Crippen MR) is 190 cm³/mol. The zero-order chi connectivity index (χ0) is 56.5. The zero-order valence-electron chi connectivity index (χ0n) is 34.8. The normalized spacial score (nSPS) is 12.3. The predicted octanol–water partition coefficient (Wildman–Crippen LogP) is 10.9. The molecule has 6 aromatic rings. The molecular weight excluding hydrogens is 1100 g/mol. The van der Waals surface area contributed by atoms with Gasteiger partial charge in [-0.15, -0.1) is 39.4 Å². The molecule has 6 rings (SSSR count). The van der Waals surface area contributed by atoms with Gasteiger partial charge in [-0.2, -0.15) is 0 Å². The number of unbranched alkanes of at least 4 members (excludes halogenated alkanes) is 1. The van der Waals surface area contributed by atoms with E-state index in [-0.39, 0.29) is 37.1 Å². The molecule has 74 heavy (non-hydrogen) atoms. The molecule has 6 aromatic carbocycles. The Kier molecular flexibility index (Phi) is 16.1. The molecule has 0 fully saturated rings. The van der Waals surface area contributed by atoms with Crippen LogP contribution in [0.2, 0.25) is 0 Å². The number of benzene rings is 6. The molecule has 0 spiro atoms. The van der Waals surface area contributed by atoms with Gasteiger partial charge in [0.2, 0.25) is 0 Å². The number of quaternary nitrogens is 1. The number of hydrogen-bond acceptors (Lipinski definition) is 0. The Morgan fingerprint density at radius 2 is 0.500 bits per heavy atom. The van der Waals surface area contributed by atoms with Crippen molar-refractivity contribution in [1.82, 2.24) is 0 Å². The fraction of sp³-hybridized carbons (Fsp3) is 0.143. The maximum atomic E-state index is 15.4. The van der Waals surface area contributed by atoms with Crippen molar-refractivity contribution in [2.45, 2.75) is 31.9 Å². The monoisotopic (exact) mass is 1110 g/mol. The van der Waals surface area contributed by atoms with Gasteiger partial charge in [-0.3, -0.25) is 0 Å². The highest BCUT2D eigenvalue weighted by molar-refractivity contribution is 7.20. The molecule has 1 N–H and O–H groups in total. The molecule has 0 aliphatic carbocycles. The van der Waals surface area contributed by atoms with Gasteiger partial charge in [0.15, 0.2) is 105 Å². The first-order valence-corrected chi connectivity index (χ1v) is 19.2. The van der Waals surface area contributed by atoms with Crippen molar-refractivity contribution in [2.75, 3.05) is 6.54 Å². The van der Waals surface area contributed by atoms with Gasteiger partial charge in [0.05, 0.1) is 6.54 Å². The molecule has 0 saturated carbocycles. The van der Waals surface area contributed by atoms with Crippen molar-refractivity contribution in [2.24, 2.45) is 0 Å². The second kappa shape index (κ2) is 20.5. The summed E-state index contributed by atoms with van der Waals surface area (Å²) in [5.41, 5.74) is -18.1. The van der Waals surface area contributed by atoms with Crippen LogP contribution in [0.1, 0.15) is 30.9 Å². The Bertz CT molecular complexity index is 2800. The van der Waals surface area contributed by atoms with E-state index in [4.69, 9.17) is 0 Å². The van der Waals surface area contributed by atoms with Crippen molar-refractivity contribution in [3.05, 3.63) is 187 Å². The third-order valence-electron chi connectivity index (χ3n) is 11.0. The fourth-order valence-electron chi connectivity index (χ4n) is 7.60. The second-order valence-corrected chi connectivity index (χ2v) is 15.0. The summed E-state index contributed by atoms with van der Waals surface area (Å²) >= 11 is 0. The average molecular weight is 1110 g/mol. The first-order valence-electron chi connectivity index (χ1n) is 19.2. The number of hydrogen-bond donors (Lipinski definition) is 1. The Balaban J connectivity index is 0.000000302. The molecule has 0 radical (unpaired) electrons. The van der Waals surface area contributed by atoms with Crippen molar-refractivity contribution in [1.29, 1.82) is 0 Å². The van der Waals surface area contributed by atoms with Crippen LogP contribution in [0.3, 0.4) is 0 Å². The molecule has 0 heterocycles. The van der Waals surface area contributed by atoms with Gasteiger partial charge in [0.25, 0.3) is 0 Å². The highest BCUT2D eigenvalue weighted by Gasteiger charge is 2.61. The molecule has 0 unspecified atom stereocenters. The summed E-state index contributed by atoms with van der Waals surface area (Å²) in [5, 5.41) is 0. The van der Waals surface area contributed by atoms with Crippen LogP contribution in [-0.4, -0.2) is 12.7 Å². The molecular formula is C42H14BF30N. The largest absolute Gasteiger partial charge is 0.424 e. The van der Waals surface area contributed by atoms with Gasteiger partial charge in [-0.1, -0.05) is 13.3 Å². The Hall–Kier alpha value is -6.76. The van der Waals surface area contributed by atoms with Crippen molar-refractivity contribution < 1.29 is 137 Å². The van der Waals surface area contributed by atoms with E-state index < -0.39 is 214 Å². The third-order valence-corrected chi connectivity index (χ3v) is 11.0. The van der Waals surface area contributed by atoms with Gasteiger partial charge in [-0.25, -0.2) is 119 Å². The molecule has 32 heteroatoms. The lowest BCUT2D eigenvalue weighted by Gasteiger charge is -2.44. The van der Waals surface area contributed by atoms with E-state index in [1.165, 1.54) is 6.92 Å². The van der Waals surface area contributed by atoms with E-state index >= 15 is 35.1 Å². The summed E-state index contributed by atoms with van der Waals surface area (Å²) in [6.45, 7) is 0.359. The molecule has 0 saturated heterocycles. The summed E-state index contributed by atoms with van der Waals surface area (Å²) in [7, 11) is 0. The summed E-state index contributed by atoms with van der Waals surface area (Å²) in [6.07, 6.45) is -7.40. The number of nitrogens with one attached hydrogen (secondary N) is 1. The number of rotatable bonds is 11. The van der Waals surface area contributed by atoms with E-state index in [1.807, 2.05) is 0 Å². The van der Waals surface area contributed by atoms with E-state index in [2.05, 4.69) is 0 Å². The van der Waals surface area contributed by atoms with Crippen LogP contribution in [0.15, 0.2) is 24.3 Å². The molecule has 0 atom stereocenters. The molecule has 400 valence electrons. The summed E-state index contributed by atoms with van der Waals surface area (Å²) < 4.78 is 434. The number of alkyl halides is 4. The summed E-state index contributed by atoms with van der Waals surface area (Å²) in [4.78, 5) is -2.07. The van der Waals surface area contributed by atoms with Crippen LogP contribution >= 0.6 is 0 Å². The minimum Gasteiger partial charge on any atom is -0.207 e. The summed E-state index contributed by atoms with van der Waals surface area (Å²) in [5.74, 6) is -84.5. The van der Waals surface area contributed by atoms with E-state index in [0.717, 1.165) is 0 Å². The van der Waals surface area contributed by atoms with Crippen molar-refractivity contribution >= 4 is 28.0 Å². The van der Waals surface area contributed by atoms with Gasteiger partial charge >= 0.3 is 12.1 Å². The van der Waals surface area contributed by atoms with Gasteiger partial charge < -0.3 is 0 Å². The zero-order valence-corrected chi connectivity index (χ0v) is 34.8. The molecule has 0 aromatic heterocycles. The van der Waals surface area contributed by atoms with Crippen LogP contribution in [0.4, 0.5) is 132 Å². The van der Waals surface area contributed by atoms with Gasteiger partial charge in [0.1, 0.15) is 63.8 Å². The van der Waals surface area contributed by atoms with Gasteiger partial charge in [-0.05, 0) is 30.7 Å². The third kappa shape index (κ3) is 8.77. The minimum absolute atomic E-state index is 0.0807. The van der Waals surface area contributed by atoms with E-state index in [9.17, 15) is 96.6 Å².